The van der Waals surface area contributed by atoms with Gasteiger partial charge in [-0.05, 0) is 91.3 Å². The summed E-state index contributed by atoms with van der Waals surface area (Å²) in [6, 6.07) is 69.9. The van der Waals surface area contributed by atoms with Gasteiger partial charge in [-0.15, -0.1) is 0 Å². The molecule has 266 valence electrons. The van der Waals surface area contributed by atoms with Crippen LogP contribution < -0.4 is 0 Å². The number of hydrogen-bond acceptors (Lipinski definition) is 4. The molecule has 0 saturated carbocycles. The normalized spacial score (nSPS) is 11.5. The Kier molecular flexibility index (Phi) is 7.78. The van der Waals surface area contributed by atoms with Crippen LogP contribution in [0.25, 0.3) is 111 Å². The third-order valence-electron chi connectivity index (χ3n) is 10.9. The second-order valence-corrected chi connectivity index (χ2v) is 14.4. The first kappa shape index (κ1) is 32.7. The monoisotopic (exact) mass is 727 g/mol. The molecule has 0 unspecified atom stereocenters. The Morgan fingerprint density at radius 2 is 0.825 bits per heavy atom. The molecule has 57 heavy (non-hydrogen) atoms. The van der Waals surface area contributed by atoms with Crippen LogP contribution in [0.4, 0.5) is 0 Å². The highest BCUT2D eigenvalue weighted by atomic mass is 16.3. The first-order valence-electron chi connectivity index (χ1n) is 19.2. The second-order valence-electron chi connectivity index (χ2n) is 14.4. The molecule has 0 bridgehead atoms. The molecule has 0 aliphatic rings. The van der Waals surface area contributed by atoms with Crippen LogP contribution >= 0.6 is 0 Å². The highest BCUT2D eigenvalue weighted by molar-refractivity contribution is 6.16. The Hall–Kier alpha value is -7.69. The molecular formula is C53H33N3O. The van der Waals surface area contributed by atoms with E-state index in [-0.39, 0.29) is 0 Å². The third-order valence-corrected chi connectivity index (χ3v) is 10.9. The van der Waals surface area contributed by atoms with Gasteiger partial charge in [-0.25, -0.2) is 15.0 Å². The number of benzene rings is 9. The summed E-state index contributed by atoms with van der Waals surface area (Å²) in [7, 11) is 0. The minimum atomic E-state index is 0.580. The average Bonchev–Trinajstić information content (AvgIpc) is 3.65. The van der Waals surface area contributed by atoms with Gasteiger partial charge in [0.25, 0.3) is 0 Å². The van der Waals surface area contributed by atoms with Crippen molar-refractivity contribution in [2.45, 2.75) is 0 Å². The highest BCUT2D eigenvalue weighted by Gasteiger charge is 2.21. The van der Waals surface area contributed by atoms with Gasteiger partial charge in [-0.1, -0.05) is 164 Å². The number of rotatable bonds is 6. The molecule has 2 heterocycles. The quantitative estimate of drug-likeness (QED) is 0.171. The van der Waals surface area contributed by atoms with Crippen molar-refractivity contribution < 1.29 is 4.42 Å². The van der Waals surface area contributed by atoms with Gasteiger partial charge in [0.2, 0.25) is 0 Å². The van der Waals surface area contributed by atoms with E-state index in [2.05, 4.69) is 176 Å². The number of fused-ring (bicyclic) bond motifs is 5. The zero-order valence-electron chi connectivity index (χ0n) is 30.8. The van der Waals surface area contributed by atoms with E-state index in [0.717, 1.165) is 82.8 Å². The number of nitrogens with zero attached hydrogens (tertiary/aromatic N) is 3. The van der Waals surface area contributed by atoms with E-state index in [0.29, 0.717) is 17.5 Å². The fourth-order valence-electron chi connectivity index (χ4n) is 8.09. The maximum absolute atomic E-state index is 6.76. The van der Waals surface area contributed by atoms with Crippen molar-refractivity contribution in [1.29, 1.82) is 0 Å². The number of hydrogen-bond donors (Lipinski definition) is 0. The van der Waals surface area contributed by atoms with Gasteiger partial charge in [-0.3, -0.25) is 0 Å². The summed E-state index contributed by atoms with van der Waals surface area (Å²) in [4.78, 5) is 15.7. The third kappa shape index (κ3) is 5.92. The van der Waals surface area contributed by atoms with Crippen LogP contribution in [0.3, 0.4) is 0 Å². The summed E-state index contributed by atoms with van der Waals surface area (Å²) < 4.78 is 6.76. The Bertz CT molecular complexity index is 3290. The van der Waals surface area contributed by atoms with Crippen LogP contribution in [0.15, 0.2) is 205 Å². The second kappa shape index (κ2) is 13.6. The lowest BCUT2D eigenvalue weighted by Gasteiger charge is -2.13. The van der Waals surface area contributed by atoms with Crippen molar-refractivity contribution in [3.8, 4) is 67.5 Å². The minimum Gasteiger partial charge on any atom is -0.456 e. The summed E-state index contributed by atoms with van der Waals surface area (Å²) in [5.74, 6) is 1.79. The van der Waals surface area contributed by atoms with Crippen molar-refractivity contribution in [3.63, 3.8) is 0 Å². The summed E-state index contributed by atoms with van der Waals surface area (Å²) in [5, 5.41) is 6.66. The molecule has 0 aliphatic heterocycles. The van der Waals surface area contributed by atoms with Crippen LogP contribution in [0, 0.1) is 0 Å². The van der Waals surface area contributed by atoms with E-state index in [1.54, 1.807) is 0 Å². The van der Waals surface area contributed by atoms with Gasteiger partial charge in [0.15, 0.2) is 17.5 Å². The lowest BCUT2D eigenvalue weighted by molar-refractivity contribution is 0.669. The van der Waals surface area contributed by atoms with Crippen LogP contribution in [0.2, 0.25) is 0 Å². The molecule has 0 amide bonds. The van der Waals surface area contributed by atoms with Gasteiger partial charge >= 0.3 is 0 Å². The molecule has 11 aromatic rings. The Labute approximate surface area is 329 Å². The highest BCUT2D eigenvalue weighted by Crippen LogP contribution is 2.42. The number of furan rings is 1. The first-order chi connectivity index (χ1) is 28.2. The molecule has 0 saturated heterocycles. The van der Waals surface area contributed by atoms with E-state index >= 15 is 0 Å². The van der Waals surface area contributed by atoms with Crippen molar-refractivity contribution in [3.05, 3.63) is 200 Å². The molecule has 0 atom stereocenters. The van der Waals surface area contributed by atoms with E-state index in [4.69, 9.17) is 19.4 Å². The van der Waals surface area contributed by atoms with E-state index < -0.39 is 0 Å². The minimum absolute atomic E-state index is 0.580. The average molecular weight is 728 g/mol. The molecular weight excluding hydrogens is 695 g/mol. The van der Waals surface area contributed by atoms with Crippen LogP contribution in [0.1, 0.15) is 0 Å². The molecule has 0 spiro atoms. The van der Waals surface area contributed by atoms with Crippen LogP contribution in [0.5, 0.6) is 0 Å². The van der Waals surface area contributed by atoms with Crippen LogP contribution in [-0.2, 0) is 0 Å². The topological polar surface area (TPSA) is 51.8 Å². The fraction of sp³-hybridized carbons (Fsp3) is 0. The van der Waals surface area contributed by atoms with Crippen molar-refractivity contribution in [2.75, 3.05) is 0 Å². The summed E-state index contributed by atoms with van der Waals surface area (Å²) in [5.41, 5.74) is 11.0. The standard InChI is InChI=1S/C53H33N3O/c1-3-14-34(15-4-1)37-22-11-23-38(28-37)43-31-47(50-46-30-39-19-7-8-20-40(39)32-48(46)57-49(50)33-43)53-55-51(36-17-5-2-6-18-36)54-52(56-53)42-25-12-24-41(29-42)45-27-13-21-35-16-9-10-26-44(35)45/h1-33H. The Balaban J connectivity index is 1.16. The predicted molar refractivity (Wildman–Crippen MR) is 235 cm³/mol. The molecule has 11 rings (SSSR count). The molecule has 4 nitrogen and oxygen atoms in total. The molecule has 9 aromatic carbocycles. The first-order valence-corrected chi connectivity index (χ1v) is 19.2. The maximum atomic E-state index is 6.76. The van der Waals surface area contributed by atoms with Crippen molar-refractivity contribution >= 4 is 43.5 Å². The fourth-order valence-corrected chi connectivity index (χ4v) is 8.09. The molecule has 0 N–H and O–H groups in total. The number of aromatic nitrogens is 3. The Morgan fingerprint density at radius 1 is 0.281 bits per heavy atom. The van der Waals surface area contributed by atoms with Gasteiger partial charge in [0, 0.05) is 27.5 Å². The Morgan fingerprint density at radius 3 is 1.61 bits per heavy atom. The lowest BCUT2D eigenvalue weighted by Crippen LogP contribution is -2.01. The molecule has 4 heteroatoms. The SMILES string of the molecule is c1ccc(-c2cccc(-c3cc(-c4nc(-c5ccccc5)nc(-c5cccc(-c6cccc7ccccc67)c5)n4)c4c(c3)oc3cc5ccccc5cc34)c2)cc1. The van der Waals surface area contributed by atoms with Gasteiger partial charge in [0.1, 0.15) is 11.2 Å². The zero-order valence-corrected chi connectivity index (χ0v) is 30.8. The van der Waals surface area contributed by atoms with Gasteiger partial charge < -0.3 is 4.42 Å². The molecule has 0 fully saturated rings. The zero-order chi connectivity index (χ0) is 37.7. The van der Waals surface area contributed by atoms with Gasteiger partial charge in [-0.2, -0.15) is 0 Å². The van der Waals surface area contributed by atoms with E-state index in [1.807, 2.05) is 24.3 Å². The van der Waals surface area contributed by atoms with Crippen LogP contribution in [-0.4, -0.2) is 15.0 Å². The molecule has 2 aromatic heterocycles. The predicted octanol–water partition coefficient (Wildman–Crippen LogP) is 14.1. The smallest absolute Gasteiger partial charge is 0.164 e. The summed E-state index contributed by atoms with van der Waals surface area (Å²) in [6.07, 6.45) is 0. The van der Waals surface area contributed by atoms with E-state index in [9.17, 15) is 0 Å². The van der Waals surface area contributed by atoms with Gasteiger partial charge in [0.05, 0.1) is 0 Å². The van der Waals surface area contributed by atoms with Crippen molar-refractivity contribution in [2.24, 2.45) is 0 Å². The molecule has 0 aliphatic carbocycles. The maximum Gasteiger partial charge on any atom is 0.164 e. The van der Waals surface area contributed by atoms with E-state index in [1.165, 1.54) is 10.8 Å². The summed E-state index contributed by atoms with van der Waals surface area (Å²) >= 11 is 0. The lowest BCUT2D eigenvalue weighted by atomic mass is 9.95. The summed E-state index contributed by atoms with van der Waals surface area (Å²) in [6.45, 7) is 0. The molecule has 0 radical (unpaired) electrons. The largest absolute Gasteiger partial charge is 0.456 e. The van der Waals surface area contributed by atoms with Crippen molar-refractivity contribution in [1.82, 2.24) is 15.0 Å².